The normalized spacial score (nSPS) is 10.0. The molecule has 0 saturated heterocycles. The first-order valence-electron chi connectivity index (χ1n) is 5.73. The van der Waals surface area contributed by atoms with E-state index in [4.69, 9.17) is 4.74 Å². The van der Waals surface area contributed by atoms with Crippen LogP contribution in [0.15, 0.2) is 42.6 Å². The average Bonchev–Trinajstić information content (AvgIpc) is 2.45. The van der Waals surface area contributed by atoms with Crippen LogP contribution in [-0.4, -0.2) is 18.0 Å². The van der Waals surface area contributed by atoms with Crippen molar-refractivity contribution in [1.29, 1.82) is 0 Å². The third-order valence-electron chi connectivity index (χ3n) is 2.60. The molecule has 0 spiro atoms. The predicted molar refractivity (Wildman–Crippen MR) is 68.4 cm³/mol. The molecule has 2 aromatic rings. The fraction of sp³-hybridized carbons (Fsp3) is 0.143. The first-order valence-corrected chi connectivity index (χ1v) is 5.73. The minimum absolute atomic E-state index is 0.0188. The summed E-state index contributed by atoms with van der Waals surface area (Å²) in [4.78, 5) is 15.8. The van der Waals surface area contributed by atoms with Gasteiger partial charge in [0.15, 0.2) is 0 Å². The number of halogens is 1. The van der Waals surface area contributed by atoms with E-state index in [9.17, 15) is 9.18 Å². The molecule has 1 N–H and O–H groups in total. The minimum atomic E-state index is -0.543. The van der Waals surface area contributed by atoms with Crippen molar-refractivity contribution in [2.75, 3.05) is 7.11 Å². The van der Waals surface area contributed by atoms with Crippen LogP contribution in [0, 0.1) is 5.82 Å². The molecule has 1 aromatic carbocycles. The fourth-order valence-corrected chi connectivity index (χ4v) is 1.66. The maximum absolute atomic E-state index is 13.4. The predicted octanol–water partition coefficient (Wildman–Crippen LogP) is 2.16. The Balaban J connectivity index is 2.07. The molecule has 1 amide bonds. The van der Waals surface area contributed by atoms with Gasteiger partial charge in [0.1, 0.15) is 5.82 Å². The van der Waals surface area contributed by atoms with E-state index < -0.39 is 11.7 Å². The summed E-state index contributed by atoms with van der Waals surface area (Å²) in [5.74, 6) is -0.571. The van der Waals surface area contributed by atoms with Gasteiger partial charge in [-0.15, -0.1) is 0 Å². The third kappa shape index (κ3) is 3.07. The van der Waals surface area contributed by atoms with Gasteiger partial charge in [-0.3, -0.25) is 4.79 Å². The molecule has 0 atom stereocenters. The summed E-state index contributed by atoms with van der Waals surface area (Å²) in [5.41, 5.74) is 0.750. The lowest BCUT2D eigenvalue weighted by Gasteiger charge is -2.08. The zero-order valence-corrected chi connectivity index (χ0v) is 10.4. The van der Waals surface area contributed by atoms with Crippen LogP contribution in [0.4, 0.5) is 4.39 Å². The number of pyridine rings is 1. The van der Waals surface area contributed by atoms with Crippen LogP contribution >= 0.6 is 0 Å². The van der Waals surface area contributed by atoms with Gasteiger partial charge in [-0.1, -0.05) is 18.2 Å². The molecule has 98 valence electrons. The smallest absolute Gasteiger partial charge is 0.254 e. The highest BCUT2D eigenvalue weighted by molar-refractivity contribution is 5.94. The van der Waals surface area contributed by atoms with Crippen LogP contribution < -0.4 is 10.1 Å². The quantitative estimate of drug-likeness (QED) is 0.916. The molecular weight excluding hydrogens is 247 g/mol. The second kappa shape index (κ2) is 5.95. The summed E-state index contributed by atoms with van der Waals surface area (Å²) in [7, 11) is 1.50. The Hall–Kier alpha value is -2.43. The zero-order valence-electron chi connectivity index (χ0n) is 10.4. The van der Waals surface area contributed by atoms with Gasteiger partial charge < -0.3 is 10.1 Å². The van der Waals surface area contributed by atoms with Crippen LogP contribution in [-0.2, 0) is 6.54 Å². The number of amides is 1. The van der Waals surface area contributed by atoms with Gasteiger partial charge in [0.25, 0.3) is 5.91 Å². The molecule has 4 nitrogen and oxygen atoms in total. The number of methoxy groups -OCH3 is 1. The van der Waals surface area contributed by atoms with Crippen molar-refractivity contribution >= 4 is 5.91 Å². The molecule has 0 aliphatic carbocycles. The molecule has 1 heterocycles. The van der Waals surface area contributed by atoms with Crippen molar-refractivity contribution in [3.05, 3.63) is 59.5 Å². The second-order valence-corrected chi connectivity index (χ2v) is 3.83. The first-order chi connectivity index (χ1) is 9.22. The van der Waals surface area contributed by atoms with Gasteiger partial charge in [0, 0.05) is 18.3 Å². The summed E-state index contributed by atoms with van der Waals surface area (Å²) in [6.45, 7) is 0.226. The number of carbonyl (C=O) groups is 1. The molecule has 0 unspecified atom stereocenters. The summed E-state index contributed by atoms with van der Waals surface area (Å²) in [6, 6.07) is 9.37. The van der Waals surface area contributed by atoms with E-state index in [2.05, 4.69) is 10.3 Å². The topological polar surface area (TPSA) is 51.2 Å². The van der Waals surface area contributed by atoms with Crippen LogP contribution in [0.5, 0.6) is 5.88 Å². The summed E-state index contributed by atoms with van der Waals surface area (Å²) < 4.78 is 18.5. The van der Waals surface area contributed by atoms with Crippen molar-refractivity contribution in [2.45, 2.75) is 6.54 Å². The van der Waals surface area contributed by atoms with E-state index in [-0.39, 0.29) is 12.1 Å². The molecule has 0 saturated carbocycles. The Morgan fingerprint density at radius 3 is 2.84 bits per heavy atom. The molecule has 0 radical (unpaired) electrons. The number of rotatable bonds is 4. The van der Waals surface area contributed by atoms with Gasteiger partial charge >= 0.3 is 0 Å². The third-order valence-corrected chi connectivity index (χ3v) is 2.60. The summed E-state index contributed by atoms with van der Waals surface area (Å²) in [5, 5.41) is 2.63. The summed E-state index contributed by atoms with van der Waals surface area (Å²) in [6.07, 6.45) is 1.60. The van der Waals surface area contributed by atoms with Crippen LogP contribution in [0.2, 0.25) is 0 Å². The van der Waals surface area contributed by atoms with Gasteiger partial charge in [-0.2, -0.15) is 0 Å². The lowest BCUT2D eigenvalue weighted by molar-refractivity contribution is 0.0946. The maximum atomic E-state index is 13.4. The van der Waals surface area contributed by atoms with E-state index >= 15 is 0 Å². The van der Waals surface area contributed by atoms with E-state index in [1.54, 1.807) is 24.4 Å². The molecule has 2 rings (SSSR count). The Morgan fingerprint density at radius 2 is 2.11 bits per heavy atom. The number of nitrogens with zero attached hydrogens (tertiary/aromatic N) is 1. The summed E-state index contributed by atoms with van der Waals surface area (Å²) >= 11 is 0. The number of hydrogen-bond acceptors (Lipinski definition) is 3. The Labute approximate surface area is 110 Å². The van der Waals surface area contributed by atoms with Crippen molar-refractivity contribution in [3.8, 4) is 5.88 Å². The van der Waals surface area contributed by atoms with E-state index in [1.807, 2.05) is 0 Å². The second-order valence-electron chi connectivity index (χ2n) is 3.83. The minimum Gasteiger partial charge on any atom is -0.481 e. The molecule has 5 heteroatoms. The fourth-order valence-electron chi connectivity index (χ4n) is 1.66. The van der Waals surface area contributed by atoms with Crippen LogP contribution in [0.3, 0.4) is 0 Å². The average molecular weight is 260 g/mol. The molecule has 0 aliphatic heterocycles. The van der Waals surface area contributed by atoms with Gasteiger partial charge in [0.05, 0.1) is 12.7 Å². The van der Waals surface area contributed by atoms with E-state index in [1.165, 1.54) is 25.3 Å². The van der Waals surface area contributed by atoms with Gasteiger partial charge in [0.2, 0.25) is 5.88 Å². The maximum Gasteiger partial charge on any atom is 0.254 e. The highest BCUT2D eigenvalue weighted by Crippen LogP contribution is 2.13. The van der Waals surface area contributed by atoms with E-state index in [0.717, 1.165) is 5.56 Å². The van der Waals surface area contributed by atoms with Crippen LogP contribution in [0.25, 0.3) is 0 Å². The monoisotopic (exact) mass is 260 g/mol. The number of aromatic nitrogens is 1. The molecule has 1 aromatic heterocycles. The Bertz CT molecular complexity index is 587. The Kier molecular flexibility index (Phi) is 4.07. The van der Waals surface area contributed by atoms with Crippen molar-refractivity contribution < 1.29 is 13.9 Å². The number of carbonyl (C=O) groups excluding carboxylic acids is 1. The lowest BCUT2D eigenvalue weighted by Crippen LogP contribution is -2.24. The molecule has 0 aliphatic rings. The molecular formula is C14H13FN2O2. The van der Waals surface area contributed by atoms with Crippen molar-refractivity contribution in [3.63, 3.8) is 0 Å². The SMILES string of the molecule is COc1ncccc1CNC(=O)c1ccccc1F. The number of benzene rings is 1. The number of nitrogens with one attached hydrogen (secondary N) is 1. The highest BCUT2D eigenvalue weighted by atomic mass is 19.1. The Morgan fingerprint density at radius 1 is 1.32 bits per heavy atom. The van der Waals surface area contributed by atoms with Crippen LogP contribution in [0.1, 0.15) is 15.9 Å². The standard InChI is InChI=1S/C14H13FN2O2/c1-19-14-10(5-4-8-16-14)9-17-13(18)11-6-2-3-7-12(11)15/h2-8H,9H2,1H3,(H,17,18). The zero-order chi connectivity index (χ0) is 13.7. The number of hydrogen-bond donors (Lipinski definition) is 1. The molecule has 0 fully saturated rings. The number of ether oxygens (including phenoxy) is 1. The van der Waals surface area contributed by atoms with E-state index in [0.29, 0.717) is 5.88 Å². The molecule has 19 heavy (non-hydrogen) atoms. The highest BCUT2D eigenvalue weighted by Gasteiger charge is 2.11. The largest absolute Gasteiger partial charge is 0.481 e. The van der Waals surface area contributed by atoms with Gasteiger partial charge in [-0.25, -0.2) is 9.37 Å². The first kappa shape index (κ1) is 13.0. The van der Waals surface area contributed by atoms with Crippen molar-refractivity contribution in [1.82, 2.24) is 10.3 Å². The van der Waals surface area contributed by atoms with Crippen molar-refractivity contribution in [2.24, 2.45) is 0 Å². The molecule has 0 bridgehead atoms. The van der Waals surface area contributed by atoms with Gasteiger partial charge in [-0.05, 0) is 18.2 Å². The lowest BCUT2D eigenvalue weighted by atomic mass is 10.2.